The molecule has 0 amide bonds. The fourth-order valence-corrected chi connectivity index (χ4v) is 1.32. The Labute approximate surface area is 85.1 Å². The van der Waals surface area contributed by atoms with Crippen molar-refractivity contribution < 1.29 is 5.11 Å². The predicted molar refractivity (Wildman–Crippen MR) is 58.6 cm³/mol. The smallest absolute Gasteiger partial charge is 0.150 e. The lowest BCUT2D eigenvalue weighted by atomic mass is 9.90. The summed E-state index contributed by atoms with van der Waals surface area (Å²) in [7, 11) is 0. The largest absolute Gasteiger partial charge is 0.373 e. The topological polar surface area (TPSA) is 20.2 Å². The number of terminal acetylenes is 1. The second-order valence-electron chi connectivity index (χ2n) is 3.20. The number of benzene rings is 1. The highest BCUT2D eigenvalue weighted by Crippen LogP contribution is 2.25. The first-order valence-corrected chi connectivity index (χ1v) is 4.59. The van der Waals surface area contributed by atoms with Crippen molar-refractivity contribution in [3.05, 3.63) is 48.6 Å². The summed E-state index contributed by atoms with van der Waals surface area (Å²) in [4.78, 5) is 0. The zero-order valence-corrected chi connectivity index (χ0v) is 8.11. The van der Waals surface area contributed by atoms with Gasteiger partial charge in [-0.05, 0) is 18.4 Å². The molecule has 0 aliphatic rings. The van der Waals surface area contributed by atoms with Crippen molar-refractivity contribution in [1.29, 1.82) is 0 Å². The Kier molecular flexibility index (Phi) is 3.50. The molecule has 1 unspecified atom stereocenters. The first kappa shape index (κ1) is 10.6. The van der Waals surface area contributed by atoms with Gasteiger partial charge >= 0.3 is 0 Å². The van der Waals surface area contributed by atoms with Crippen LogP contribution < -0.4 is 0 Å². The number of hydrogen-bond acceptors (Lipinski definition) is 1. The second kappa shape index (κ2) is 4.64. The fourth-order valence-electron chi connectivity index (χ4n) is 1.32. The number of rotatable bonds is 4. The van der Waals surface area contributed by atoms with Crippen molar-refractivity contribution in [3.63, 3.8) is 0 Å². The van der Waals surface area contributed by atoms with Crippen molar-refractivity contribution in [1.82, 2.24) is 0 Å². The molecular weight excluding hydrogens is 172 g/mol. The molecule has 0 saturated carbocycles. The summed E-state index contributed by atoms with van der Waals surface area (Å²) < 4.78 is 0. The maximum atomic E-state index is 10.1. The predicted octanol–water partition coefficient (Wildman–Crippen LogP) is 2.47. The van der Waals surface area contributed by atoms with Crippen LogP contribution in [-0.4, -0.2) is 5.11 Å². The fraction of sp³-hybridized carbons (Fsp3) is 0.231. The molecule has 0 aliphatic heterocycles. The molecule has 0 spiro atoms. The van der Waals surface area contributed by atoms with Crippen molar-refractivity contribution in [2.45, 2.75) is 18.4 Å². The van der Waals surface area contributed by atoms with Gasteiger partial charge in [-0.3, -0.25) is 0 Å². The standard InChI is InChI=1S/C13H14O/c1-3-5-11-13(14,4-2)12-9-7-6-8-10-12/h2-3,6-10,14H,1,5,11H2. The van der Waals surface area contributed by atoms with E-state index in [1.165, 1.54) is 0 Å². The third-order valence-corrected chi connectivity index (χ3v) is 2.20. The van der Waals surface area contributed by atoms with Crippen LogP contribution in [0.15, 0.2) is 43.0 Å². The van der Waals surface area contributed by atoms with Crippen LogP contribution in [-0.2, 0) is 5.60 Å². The van der Waals surface area contributed by atoms with E-state index in [-0.39, 0.29) is 0 Å². The van der Waals surface area contributed by atoms with Gasteiger partial charge in [-0.2, -0.15) is 0 Å². The Morgan fingerprint density at radius 1 is 1.43 bits per heavy atom. The first-order valence-electron chi connectivity index (χ1n) is 4.59. The number of hydrogen-bond donors (Lipinski definition) is 1. The zero-order chi connectivity index (χ0) is 10.4. The summed E-state index contributed by atoms with van der Waals surface area (Å²) in [5.74, 6) is 2.44. The molecular formula is C13H14O. The first-order chi connectivity index (χ1) is 6.73. The van der Waals surface area contributed by atoms with Crippen molar-refractivity contribution in [2.75, 3.05) is 0 Å². The number of allylic oxidation sites excluding steroid dienone is 1. The molecule has 0 aliphatic carbocycles. The molecule has 72 valence electrons. The van der Waals surface area contributed by atoms with Crippen LogP contribution in [0.3, 0.4) is 0 Å². The molecule has 1 nitrogen and oxygen atoms in total. The summed E-state index contributed by atoms with van der Waals surface area (Å²) in [6.07, 6.45) is 8.32. The lowest BCUT2D eigenvalue weighted by Gasteiger charge is -2.21. The Balaban J connectivity index is 2.91. The highest BCUT2D eigenvalue weighted by Gasteiger charge is 2.24. The monoisotopic (exact) mass is 186 g/mol. The van der Waals surface area contributed by atoms with Crippen LogP contribution in [0, 0.1) is 12.3 Å². The SMILES string of the molecule is C#CC(O)(CCC=C)c1ccccc1. The Morgan fingerprint density at radius 3 is 2.57 bits per heavy atom. The van der Waals surface area contributed by atoms with Gasteiger partial charge in [0.1, 0.15) is 0 Å². The molecule has 1 N–H and O–H groups in total. The van der Waals surface area contributed by atoms with Gasteiger partial charge in [0.15, 0.2) is 5.60 Å². The minimum absolute atomic E-state index is 0.511. The zero-order valence-electron chi connectivity index (χ0n) is 8.11. The van der Waals surface area contributed by atoms with Gasteiger partial charge in [-0.1, -0.05) is 42.3 Å². The molecule has 0 radical (unpaired) electrons. The lowest BCUT2D eigenvalue weighted by Crippen LogP contribution is -2.22. The molecule has 0 aromatic heterocycles. The summed E-state index contributed by atoms with van der Waals surface area (Å²) in [5, 5.41) is 10.1. The van der Waals surface area contributed by atoms with Gasteiger partial charge in [-0.25, -0.2) is 0 Å². The minimum Gasteiger partial charge on any atom is -0.373 e. The summed E-state index contributed by atoms with van der Waals surface area (Å²) in [5.41, 5.74) is -0.389. The van der Waals surface area contributed by atoms with Crippen molar-refractivity contribution in [3.8, 4) is 12.3 Å². The van der Waals surface area contributed by atoms with E-state index >= 15 is 0 Å². The summed E-state index contributed by atoms with van der Waals surface area (Å²) in [6, 6.07) is 9.30. The van der Waals surface area contributed by atoms with Gasteiger partial charge in [0.25, 0.3) is 0 Å². The molecule has 1 aromatic rings. The molecule has 0 heterocycles. The Hall–Kier alpha value is -1.52. The van der Waals surface area contributed by atoms with E-state index in [2.05, 4.69) is 12.5 Å². The third-order valence-electron chi connectivity index (χ3n) is 2.20. The average molecular weight is 186 g/mol. The lowest BCUT2D eigenvalue weighted by molar-refractivity contribution is 0.0916. The molecule has 1 aromatic carbocycles. The van der Waals surface area contributed by atoms with E-state index in [0.29, 0.717) is 12.8 Å². The van der Waals surface area contributed by atoms with E-state index in [1.54, 1.807) is 6.08 Å². The normalized spacial score (nSPS) is 14.0. The molecule has 0 bridgehead atoms. The molecule has 1 atom stereocenters. The van der Waals surface area contributed by atoms with Crippen LogP contribution in [0.5, 0.6) is 0 Å². The van der Waals surface area contributed by atoms with Gasteiger partial charge in [0.2, 0.25) is 0 Å². The minimum atomic E-state index is -1.16. The highest BCUT2D eigenvalue weighted by molar-refractivity contribution is 5.30. The van der Waals surface area contributed by atoms with E-state index in [1.807, 2.05) is 30.3 Å². The van der Waals surface area contributed by atoms with Crippen molar-refractivity contribution >= 4 is 0 Å². The van der Waals surface area contributed by atoms with E-state index in [9.17, 15) is 5.11 Å². The van der Waals surface area contributed by atoms with Crippen LogP contribution >= 0.6 is 0 Å². The van der Waals surface area contributed by atoms with Gasteiger partial charge in [-0.15, -0.1) is 13.0 Å². The van der Waals surface area contributed by atoms with E-state index in [4.69, 9.17) is 6.42 Å². The average Bonchev–Trinajstić information content (AvgIpc) is 2.27. The van der Waals surface area contributed by atoms with E-state index < -0.39 is 5.60 Å². The summed E-state index contributed by atoms with van der Waals surface area (Å²) >= 11 is 0. The van der Waals surface area contributed by atoms with Crippen molar-refractivity contribution in [2.24, 2.45) is 0 Å². The molecule has 0 saturated heterocycles. The molecule has 1 rings (SSSR count). The maximum absolute atomic E-state index is 10.1. The van der Waals surface area contributed by atoms with Crippen LogP contribution in [0.2, 0.25) is 0 Å². The highest BCUT2D eigenvalue weighted by atomic mass is 16.3. The second-order valence-corrected chi connectivity index (χ2v) is 3.20. The van der Waals surface area contributed by atoms with Crippen LogP contribution in [0.1, 0.15) is 18.4 Å². The number of aliphatic hydroxyl groups is 1. The van der Waals surface area contributed by atoms with Crippen LogP contribution in [0.25, 0.3) is 0 Å². The van der Waals surface area contributed by atoms with Gasteiger partial charge in [0, 0.05) is 0 Å². The molecule has 14 heavy (non-hydrogen) atoms. The Bertz CT molecular complexity index is 334. The quantitative estimate of drug-likeness (QED) is 0.565. The van der Waals surface area contributed by atoms with Gasteiger partial charge in [0.05, 0.1) is 0 Å². The third kappa shape index (κ3) is 2.25. The molecule has 0 fully saturated rings. The van der Waals surface area contributed by atoms with Crippen LogP contribution in [0.4, 0.5) is 0 Å². The Morgan fingerprint density at radius 2 is 2.07 bits per heavy atom. The molecule has 1 heteroatoms. The van der Waals surface area contributed by atoms with E-state index in [0.717, 1.165) is 5.56 Å². The maximum Gasteiger partial charge on any atom is 0.150 e. The summed E-state index contributed by atoms with van der Waals surface area (Å²) in [6.45, 7) is 3.61. The van der Waals surface area contributed by atoms with Gasteiger partial charge < -0.3 is 5.11 Å².